The first kappa shape index (κ1) is 17.4. The number of nitro groups is 1. The summed E-state index contributed by atoms with van der Waals surface area (Å²) in [5.41, 5.74) is 1.26. The number of furan rings is 1. The normalized spacial score (nSPS) is 11.7. The van der Waals surface area contributed by atoms with E-state index in [1.807, 2.05) is 36.4 Å². The van der Waals surface area contributed by atoms with Gasteiger partial charge in [0.05, 0.1) is 23.8 Å². The van der Waals surface area contributed by atoms with Crippen molar-refractivity contribution in [2.75, 3.05) is 11.9 Å². The smallest absolute Gasteiger partial charge is 0.271 e. The molecule has 3 aromatic rings. The molecule has 1 heterocycles. The van der Waals surface area contributed by atoms with E-state index in [9.17, 15) is 14.9 Å². The average Bonchev–Trinajstić information content (AvgIpc) is 3.17. The fourth-order valence-electron chi connectivity index (χ4n) is 2.58. The average molecular weight is 351 g/mol. The topological polar surface area (TPSA) is 97.4 Å². The van der Waals surface area contributed by atoms with Crippen LogP contribution in [0.2, 0.25) is 0 Å². The van der Waals surface area contributed by atoms with E-state index in [1.54, 1.807) is 18.4 Å². The highest BCUT2D eigenvalue weighted by Gasteiger charge is 2.17. The van der Waals surface area contributed by atoms with Crippen molar-refractivity contribution in [1.29, 1.82) is 0 Å². The molecule has 0 aliphatic heterocycles. The largest absolute Gasteiger partial charge is 0.467 e. The van der Waals surface area contributed by atoms with Crippen LogP contribution < -0.4 is 10.6 Å². The van der Waals surface area contributed by atoms with Gasteiger partial charge in [0.1, 0.15) is 5.76 Å². The Balaban J connectivity index is 1.67. The summed E-state index contributed by atoms with van der Waals surface area (Å²) in [7, 11) is 0. The minimum atomic E-state index is -0.504. The number of rotatable bonds is 7. The second kappa shape index (κ2) is 8.09. The van der Waals surface area contributed by atoms with Crippen LogP contribution in [0, 0.1) is 10.1 Å². The van der Waals surface area contributed by atoms with Crippen LogP contribution in [0.4, 0.5) is 11.4 Å². The summed E-state index contributed by atoms with van der Waals surface area (Å²) in [4.78, 5) is 22.5. The number of hydrogen-bond acceptors (Lipinski definition) is 5. The fourth-order valence-corrected chi connectivity index (χ4v) is 2.58. The zero-order valence-electron chi connectivity index (χ0n) is 13.8. The van der Waals surface area contributed by atoms with Crippen molar-refractivity contribution in [3.05, 3.63) is 94.4 Å². The number of benzene rings is 2. The number of anilines is 1. The van der Waals surface area contributed by atoms with Gasteiger partial charge in [0.2, 0.25) is 5.91 Å². The summed E-state index contributed by atoms with van der Waals surface area (Å²) in [6.07, 6.45) is 1.58. The predicted octanol–water partition coefficient (Wildman–Crippen LogP) is 3.51. The zero-order chi connectivity index (χ0) is 18.4. The third-order valence-electron chi connectivity index (χ3n) is 3.77. The second-order valence-electron chi connectivity index (χ2n) is 5.60. The van der Waals surface area contributed by atoms with E-state index in [2.05, 4.69) is 10.6 Å². The van der Waals surface area contributed by atoms with Gasteiger partial charge in [-0.2, -0.15) is 0 Å². The van der Waals surface area contributed by atoms with Crippen LogP contribution in [0.25, 0.3) is 0 Å². The van der Waals surface area contributed by atoms with Crippen LogP contribution in [0.15, 0.2) is 77.4 Å². The molecule has 26 heavy (non-hydrogen) atoms. The molecule has 0 bridgehead atoms. The van der Waals surface area contributed by atoms with Gasteiger partial charge < -0.3 is 9.73 Å². The first-order chi connectivity index (χ1) is 12.6. The van der Waals surface area contributed by atoms with Crippen molar-refractivity contribution in [3.63, 3.8) is 0 Å². The molecule has 132 valence electrons. The molecule has 2 aromatic carbocycles. The molecule has 0 saturated carbocycles. The summed E-state index contributed by atoms with van der Waals surface area (Å²) in [6, 6.07) is 18.8. The molecule has 0 spiro atoms. The molecule has 0 saturated heterocycles. The van der Waals surface area contributed by atoms with Gasteiger partial charge in [-0.1, -0.05) is 36.4 Å². The lowest BCUT2D eigenvalue weighted by Gasteiger charge is -2.17. The minimum Gasteiger partial charge on any atom is -0.467 e. The molecule has 7 nitrogen and oxygen atoms in total. The number of amides is 1. The van der Waals surface area contributed by atoms with Crippen molar-refractivity contribution >= 4 is 17.3 Å². The van der Waals surface area contributed by atoms with Crippen molar-refractivity contribution in [2.24, 2.45) is 0 Å². The Morgan fingerprint density at radius 2 is 1.88 bits per heavy atom. The van der Waals surface area contributed by atoms with Crippen molar-refractivity contribution in [3.8, 4) is 0 Å². The molecule has 1 atom stereocenters. The summed E-state index contributed by atoms with van der Waals surface area (Å²) in [5, 5.41) is 16.6. The predicted molar refractivity (Wildman–Crippen MR) is 96.7 cm³/mol. The van der Waals surface area contributed by atoms with Gasteiger partial charge in [0.25, 0.3) is 5.69 Å². The fraction of sp³-hybridized carbons (Fsp3) is 0.105. The Bertz CT molecular complexity index is 879. The molecular weight excluding hydrogens is 334 g/mol. The molecule has 0 aliphatic rings. The molecule has 0 radical (unpaired) electrons. The number of nitrogens with one attached hydrogen (secondary N) is 2. The summed E-state index contributed by atoms with van der Waals surface area (Å²) >= 11 is 0. The monoisotopic (exact) mass is 351 g/mol. The van der Waals surface area contributed by atoms with E-state index in [1.165, 1.54) is 18.2 Å². The van der Waals surface area contributed by atoms with Crippen LogP contribution in [-0.4, -0.2) is 17.4 Å². The highest BCUT2D eigenvalue weighted by molar-refractivity contribution is 5.92. The van der Waals surface area contributed by atoms with Crippen molar-refractivity contribution < 1.29 is 14.1 Å². The van der Waals surface area contributed by atoms with E-state index < -0.39 is 4.92 Å². The molecule has 2 N–H and O–H groups in total. The number of nitro benzene ring substituents is 1. The highest BCUT2D eigenvalue weighted by Crippen LogP contribution is 2.22. The maximum atomic E-state index is 12.2. The summed E-state index contributed by atoms with van der Waals surface area (Å²) < 4.78 is 5.47. The Kier molecular flexibility index (Phi) is 5.40. The lowest BCUT2D eigenvalue weighted by atomic mass is 10.0. The number of hydrogen-bond donors (Lipinski definition) is 2. The lowest BCUT2D eigenvalue weighted by Crippen LogP contribution is -2.31. The van der Waals surface area contributed by atoms with Gasteiger partial charge in [0.15, 0.2) is 0 Å². The molecule has 0 aliphatic carbocycles. The molecule has 7 heteroatoms. The Labute approximate surface area is 149 Å². The third-order valence-corrected chi connectivity index (χ3v) is 3.77. The number of carbonyl (C=O) groups excluding carboxylic acids is 1. The lowest BCUT2D eigenvalue weighted by molar-refractivity contribution is -0.384. The molecule has 1 amide bonds. The number of non-ortho nitro benzene ring substituents is 1. The van der Waals surface area contributed by atoms with Crippen LogP contribution in [-0.2, 0) is 4.79 Å². The first-order valence-electron chi connectivity index (χ1n) is 7.99. The number of carbonyl (C=O) groups is 1. The third kappa shape index (κ3) is 4.34. The van der Waals surface area contributed by atoms with Crippen LogP contribution >= 0.6 is 0 Å². The zero-order valence-corrected chi connectivity index (χ0v) is 13.8. The SMILES string of the molecule is O=C(CN[C@H](c1ccccc1)c1ccco1)Nc1cccc([N+](=O)[O-])c1. The number of nitrogens with zero attached hydrogens (tertiary/aromatic N) is 1. The van der Waals surface area contributed by atoms with Gasteiger partial charge >= 0.3 is 0 Å². The van der Waals surface area contributed by atoms with Crippen LogP contribution in [0.3, 0.4) is 0 Å². The quantitative estimate of drug-likeness (QED) is 0.501. The van der Waals surface area contributed by atoms with Crippen molar-refractivity contribution in [2.45, 2.75) is 6.04 Å². The Hall–Kier alpha value is -3.45. The van der Waals surface area contributed by atoms with Gasteiger partial charge in [-0.3, -0.25) is 20.2 Å². The van der Waals surface area contributed by atoms with Gasteiger partial charge in [-0.05, 0) is 23.8 Å². The Morgan fingerprint density at radius 1 is 1.08 bits per heavy atom. The van der Waals surface area contributed by atoms with Gasteiger partial charge in [0, 0.05) is 17.8 Å². The van der Waals surface area contributed by atoms with E-state index in [0.717, 1.165) is 5.56 Å². The maximum absolute atomic E-state index is 12.2. The van der Waals surface area contributed by atoms with Crippen LogP contribution in [0.1, 0.15) is 17.4 Å². The van der Waals surface area contributed by atoms with Gasteiger partial charge in [-0.15, -0.1) is 0 Å². The van der Waals surface area contributed by atoms with Crippen LogP contribution in [0.5, 0.6) is 0 Å². The highest BCUT2D eigenvalue weighted by atomic mass is 16.6. The van der Waals surface area contributed by atoms with E-state index in [0.29, 0.717) is 11.4 Å². The maximum Gasteiger partial charge on any atom is 0.271 e. The standard InChI is InChI=1S/C19H17N3O4/c23-18(21-15-8-4-9-16(12-15)22(24)25)13-20-19(17-10-5-11-26-17)14-6-2-1-3-7-14/h1-12,19-20H,13H2,(H,21,23)/t19-/m1/s1. The Morgan fingerprint density at radius 3 is 2.58 bits per heavy atom. The van der Waals surface area contributed by atoms with E-state index in [4.69, 9.17) is 4.42 Å². The van der Waals surface area contributed by atoms with E-state index >= 15 is 0 Å². The summed E-state index contributed by atoms with van der Waals surface area (Å²) in [6.45, 7) is 0.0168. The molecule has 0 unspecified atom stereocenters. The molecule has 1 aromatic heterocycles. The minimum absolute atomic E-state index is 0.0168. The molecule has 0 fully saturated rings. The molecular formula is C19H17N3O4. The summed E-state index contributed by atoms with van der Waals surface area (Å²) in [5.74, 6) is 0.386. The second-order valence-corrected chi connectivity index (χ2v) is 5.60. The van der Waals surface area contributed by atoms with Gasteiger partial charge in [-0.25, -0.2) is 0 Å². The van der Waals surface area contributed by atoms with E-state index in [-0.39, 0.29) is 24.2 Å². The first-order valence-corrected chi connectivity index (χ1v) is 7.99. The van der Waals surface area contributed by atoms with Crippen molar-refractivity contribution in [1.82, 2.24) is 5.32 Å². The molecule has 3 rings (SSSR count).